The number of unbranched alkanes of at least 4 members (excludes halogenated alkanes) is 1. The average Bonchev–Trinajstić information content (AvgIpc) is 2.63. The summed E-state index contributed by atoms with van der Waals surface area (Å²) in [5, 5.41) is 0. The van der Waals surface area contributed by atoms with Gasteiger partial charge in [-0.25, -0.2) is 0 Å². The predicted molar refractivity (Wildman–Crippen MR) is 91.3 cm³/mol. The van der Waals surface area contributed by atoms with Crippen LogP contribution in [0.1, 0.15) is 26.7 Å². The summed E-state index contributed by atoms with van der Waals surface area (Å²) in [7, 11) is 0. The van der Waals surface area contributed by atoms with Crippen LogP contribution in [0.5, 0.6) is 0 Å². The molecule has 0 aliphatic rings. The number of nitrogens with zero attached hydrogens (tertiary/aromatic N) is 3. The predicted octanol–water partition coefficient (Wildman–Crippen LogP) is 5.01. The lowest BCUT2D eigenvalue weighted by Crippen LogP contribution is -1.92. The fourth-order valence-electron chi connectivity index (χ4n) is 1.84. The van der Waals surface area contributed by atoms with Crippen LogP contribution in [-0.4, -0.2) is 15.0 Å². The molecule has 0 amide bonds. The van der Waals surface area contributed by atoms with Crippen molar-refractivity contribution in [2.75, 3.05) is 0 Å². The summed E-state index contributed by atoms with van der Waals surface area (Å²) in [4.78, 5) is 13.1. The van der Waals surface area contributed by atoms with Crippen molar-refractivity contribution in [3.63, 3.8) is 0 Å². The normalized spacial score (nSPS) is 9.73. The van der Waals surface area contributed by atoms with Gasteiger partial charge in [0.2, 0.25) is 0 Å². The summed E-state index contributed by atoms with van der Waals surface area (Å²) in [6, 6.07) is 15.6. The van der Waals surface area contributed by atoms with Crippen molar-refractivity contribution in [3.8, 4) is 22.6 Å². The number of hydrogen-bond acceptors (Lipinski definition) is 3. The van der Waals surface area contributed by atoms with Gasteiger partial charge in [0.15, 0.2) is 0 Å². The van der Waals surface area contributed by atoms with Crippen LogP contribution < -0.4 is 0 Å². The molecule has 0 aliphatic heterocycles. The van der Waals surface area contributed by atoms with E-state index in [1.807, 2.05) is 48.5 Å². The molecule has 0 unspecified atom stereocenters. The van der Waals surface area contributed by atoms with E-state index in [0.717, 1.165) is 22.6 Å². The van der Waals surface area contributed by atoms with Crippen molar-refractivity contribution >= 4 is 0 Å². The molecule has 3 nitrogen and oxygen atoms in total. The van der Waals surface area contributed by atoms with Crippen LogP contribution in [-0.2, 0) is 0 Å². The van der Waals surface area contributed by atoms with E-state index in [1.54, 1.807) is 18.6 Å². The third kappa shape index (κ3) is 4.22. The molecular formula is C19H21N3. The highest BCUT2D eigenvalue weighted by molar-refractivity contribution is 5.76. The maximum Gasteiger partial charge on any atom is 0.0980 e. The molecule has 3 aromatic rings. The highest BCUT2D eigenvalue weighted by atomic mass is 14.8. The number of pyridine rings is 3. The zero-order valence-corrected chi connectivity index (χ0v) is 13.1. The maximum atomic E-state index is 4.42. The van der Waals surface area contributed by atoms with Crippen molar-refractivity contribution in [1.29, 1.82) is 0 Å². The second-order valence-corrected chi connectivity index (χ2v) is 4.83. The third-order valence-corrected chi connectivity index (χ3v) is 3.16. The fraction of sp³-hybridized carbons (Fsp3) is 0.211. The quantitative estimate of drug-likeness (QED) is 0.680. The first-order chi connectivity index (χ1) is 10.9. The summed E-state index contributed by atoms with van der Waals surface area (Å²) < 4.78 is 0. The Morgan fingerprint density at radius 2 is 1.23 bits per heavy atom. The monoisotopic (exact) mass is 291 g/mol. The second-order valence-electron chi connectivity index (χ2n) is 4.83. The molecule has 3 heterocycles. The first kappa shape index (κ1) is 15.8. The van der Waals surface area contributed by atoms with Gasteiger partial charge in [0.05, 0.1) is 17.1 Å². The molecule has 22 heavy (non-hydrogen) atoms. The summed E-state index contributed by atoms with van der Waals surface area (Å²) in [6.07, 6.45) is 7.97. The highest BCUT2D eigenvalue weighted by Gasteiger charge is 2.09. The van der Waals surface area contributed by atoms with E-state index in [1.165, 1.54) is 12.8 Å². The minimum absolute atomic E-state index is 0.858. The molecule has 3 heteroatoms. The Labute approximate surface area is 132 Å². The van der Waals surface area contributed by atoms with E-state index in [4.69, 9.17) is 0 Å². The van der Waals surface area contributed by atoms with E-state index in [-0.39, 0.29) is 0 Å². The average molecular weight is 291 g/mol. The summed E-state index contributed by atoms with van der Waals surface area (Å²) in [5.41, 5.74) is 3.62. The van der Waals surface area contributed by atoms with Gasteiger partial charge in [-0.15, -0.1) is 0 Å². The molecule has 0 aliphatic carbocycles. The SMILES string of the molecule is CCCC.c1ccc(-c2cccnc2-c2ccccn2)nc1. The topological polar surface area (TPSA) is 38.7 Å². The lowest BCUT2D eigenvalue weighted by Gasteiger charge is -2.06. The Bertz CT molecular complexity index is 606. The Kier molecular flexibility index (Phi) is 6.24. The Hall–Kier alpha value is -2.55. The van der Waals surface area contributed by atoms with E-state index >= 15 is 0 Å². The maximum absolute atomic E-state index is 4.42. The van der Waals surface area contributed by atoms with Crippen molar-refractivity contribution < 1.29 is 0 Å². The molecule has 0 saturated heterocycles. The van der Waals surface area contributed by atoms with Crippen LogP contribution in [0.4, 0.5) is 0 Å². The summed E-state index contributed by atoms with van der Waals surface area (Å²) in [5.74, 6) is 0. The first-order valence-corrected chi connectivity index (χ1v) is 7.64. The molecule has 3 rings (SSSR count). The molecule has 3 aromatic heterocycles. The summed E-state index contributed by atoms with van der Waals surface area (Å²) >= 11 is 0. The Morgan fingerprint density at radius 1 is 0.636 bits per heavy atom. The van der Waals surface area contributed by atoms with E-state index < -0.39 is 0 Å². The first-order valence-electron chi connectivity index (χ1n) is 7.64. The molecule has 0 N–H and O–H groups in total. The molecule has 0 spiro atoms. The van der Waals surface area contributed by atoms with Gasteiger partial charge >= 0.3 is 0 Å². The number of aromatic nitrogens is 3. The van der Waals surface area contributed by atoms with Gasteiger partial charge in [-0.1, -0.05) is 38.8 Å². The van der Waals surface area contributed by atoms with E-state index in [2.05, 4.69) is 28.8 Å². The van der Waals surface area contributed by atoms with Crippen LogP contribution in [0.3, 0.4) is 0 Å². The minimum Gasteiger partial charge on any atom is -0.256 e. The molecule has 0 fully saturated rings. The van der Waals surface area contributed by atoms with Crippen molar-refractivity contribution in [3.05, 3.63) is 67.1 Å². The lowest BCUT2D eigenvalue weighted by atomic mass is 10.1. The second kappa shape index (κ2) is 8.67. The van der Waals surface area contributed by atoms with Crippen molar-refractivity contribution in [2.45, 2.75) is 26.7 Å². The van der Waals surface area contributed by atoms with Gasteiger partial charge < -0.3 is 0 Å². The number of rotatable bonds is 3. The largest absolute Gasteiger partial charge is 0.256 e. The van der Waals surface area contributed by atoms with Gasteiger partial charge in [-0.2, -0.15) is 0 Å². The lowest BCUT2D eigenvalue weighted by molar-refractivity contribution is 0.886. The highest BCUT2D eigenvalue weighted by Crippen LogP contribution is 2.26. The van der Waals surface area contributed by atoms with Crippen LogP contribution >= 0.6 is 0 Å². The van der Waals surface area contributed by atoms with Crippen LogP contribution in [0.2, 0.25) is 0 Å². The van der Waals surface area contributed by atoms with Gasteiger partial charge in [-0.05, 0) is 36.4 Å². The fourth-order valence-corrected chi connectivity index (χ4v) is 1.84. The molecule has 0 bridgehead atoms. The van der Waals surface area contributed by atoms with Crippen molar-refractivity contribution in [2.24, 2.45) is 0 Å². The van der Waals surface area contributed by atoms with Gasteiger partial charge in [-0.3, -0.25) is 15.0 Å². The van der Waals surface area contributed by atoms with Crippen molar-refractivity contribution in [1.82, 2.24) is 15.0 Å². The van der Waals surface area contributed by atoms with Crippen LogP contribution in [0.25, 0.3) is 22.6 Å². The smallest absolute Gasteiger partial charge is 0.0980 e. The van der Waals surface area contributed by atoms with Gasteiger partial charge in [0.1, 0.15) is 0 Å². The minimum atomic E-state index is 0.858. The van der Waals surface area contributed by atoms with Crippen LogP contribution in [0.15, 0.2) is 67.1 Å². The molecule has 0 saturated carbocycles. The standard InChI is InChI=1S/C15H11N3.C4H10/c1-3-9-16-13(7-1)12-6-5-11-18-15(12)14-8-2-4-10-17-14;1-3-4-2/h1-11H;3-4H2,1-2H3. The summed E-state index contributed by atoms with van der Waals surface area (Å²) in [6.45, 7) is 4.36. The zero-order valence-electron chi connectivity index (χ0n) is 13.1. The molecule has 0 atom stereocenters. The molecule has 0 aromatic carbocycles. The Balaban J connectivity index is 0.000000396. The Morgan fingerprint density at radius 3 is 1.77 bits per heavy atom. The third-order valence-electron chi connectivity index (χ3n) is 3.16. The van der Waals surface area contributed by atoms with Crippen LogP contribution in [0, 0.1) is 0 Å². The molecule has 112 valence electrons. The number of hydrogen-bond donors (Lipinski definition) is 0. The van der Waals surface area contributed by atoms with E-state index in [9.17, 15) is 0 Å². The van der Waals surface area contributed by atoms with Gasteiger partial charge in [0, 0.05) is 24.2 Å². The molecular weight excluding hydrogens is 270 g/mol. The van der Waals surface area contributed by atoms with Gasteiger partial charge in [0.25, 0.3) is 0 Å². The molecule has 0 radical (unpaired) electrons. The zero-order chi connectivity index (χ0) is 15.6. The van der Waals surface area contributed by atoms with E-state index in [0.29, 0.717) is 0 Å².